The molecule has 2 N–H and O–H groups in total. The van der Waals surface area contributed by atoms with Crippen LogP contribution in [0.3, 0.4) is 0 Å². The lowest BCUT2D eigenvalue weighted by Gasteiger charge is -2.41. The molecule has 3 heterocycles. The van der Waals surface area contributed by atoms with E-state index in [1.165, 1.54) is 0 Å². The number of aryl methyl sites for hydroxylation is 1. The van der Waals surface area contributed by atoms with Crippen LogP contribution in [0.5, 0.6) is 0 Å². The quantitative estimate of drug-likeness (QED) is 0.413. The van der Waals surface area contributed by atoms with Crippen molar-refractivity contribution in [2.75, 3.05) is 23.3 Å². The second-order valence-electron chi connectivity index (χ2n) is 10.5. The molecule has 0 aromatic carbocycles. The van der Waals surface area contributed by atoms with Crippen LogP contribution in [0.1, 0.15) is 68.7 Å². The molecule has 2 atom stereocenters. The van der Waals surface area contributed by atoms with Crippen molar-refractivity contribution in [1.29, 1.82) is 0 Å². The van der Waals surface area contributed by atoms with Gasteiger partial charge in [0.2, 0.25) is 5.95 Å². The molecule has 1 aliphatic heterocycles. The van der Waals surface area contributed by atoms with Gasteiger partial charge >= 0.3 is 18.1 Å². The Hall–Kier alpha value is -3.18. The van der Waals surface area contributed by atoms with Gasteiger partial charge in [0.1, 0.15) is 5.82 Å². The van der Waals surface area contributed by atoms with Crippen LogP contribution in [-0.4, -0.2) is 51.4 Å². The number of nitrogens with zero attached hydrogens (tertiary/aromatic N) is 4. The molecule has 2 saturated carbocycles. The predicted octanol–water partition coefficient (Wildman–Crippen LogP) is 4.78. The van der Waals surface area contributed by atoms with E-state index in [4.69, 9.17) is 0 Å². The SMILES string of the molecule is Cc1cc(Nc2cc(C3CC3)[nH]n2)nc(N2CC(C(=O)OC(=O)C(F)(F)F)CC(C3CCCCC3)C2)n1. The summed E-state index contributed by atoms with van der Waals surface area (Å²) in [5, 5.41) is 10.5. The zero-order valence-electron chi connectivity index (χ0n) is 20.7. The van der Waals surface area contributed by atoms with Gasteiger partial charge in [-0.15, -0.1) is 0 Å². The van der Waals surface area contributed by atoms with E-state index in [9.17, 15) is 22.8 Å². The van der Waals surface area contributed by atoms with Gasteiger partial charge in [-0.1, -0.05) is 32.1 Å². The molecular weight excluding hydrogens is 489 g/mol. The second-order valence-corrected chi connectivity index (χ2v) is 10.5. The molecule has 5 rings (SSSR count). The fraction of sp³-hybridized carbons (Fsp3) is 0.640. The Bertz CT molecular complexity index is 1140. The first-order chi connectivity index (χ1) is 17.7. The van der Waals surface area contributed by atoms with Gasteiger partial charge in [0, 0.05) is 42.5 Å². The third-order valence-corrected chi connectivity index (χ3v) is 7.55. The van der Waals surface area contributed by atoms with Crippen molar-refractivity contribution in [2.24, 2.45) is 17.8 Å². The normalized spacial score (nSPS) is 23.1. The molecule has 37 heavy (non-hydrogen) atoms. The minimum Gasteiger partial charge on any atom is -0.386 e. The number of halogens is 3. The van der Waals surface area contributed by atoms with Crippen molar-refractivity contribution in [3.8, 4) is 0 Å². The van der Waals surface area contributed by atoms with Gasteiger partial charge in [-0.05, 0) is 38.0 Å². The highest BCUT2D eigenvalue weighted by Gasteiger charge is 2.45. The van der Waals surface area contributed by atoms with E-state index in [0.29, 0.717) is 48.1 Å². The molecule has 3 aliphatic rings. The van der Waals surface area contributed by atoms with Crippen LogP contribution in [-0.2, 0) is 14.3 Å². The lowest BCUT2D eigenvalue weighted by molar-refractivity contribution is -0.203. The Balaban J connectivity index is 1.36. The number of rotatable bonds is 6. The number of nitrogens with one attached hydrogen (secondary N) is 2. The molecule has 9 nitrogen and oxygen atoms in total. The monoisotopic (exact) mass is 520 g/mol. The van der Waals surface area contributed by atoms with E-state index < -0.39 is 24.0 Å². The number of aromatic nitrogens is 4. The van der Waals surface area contributed by atoms with Crippen LogP contribution in [0.2, 0.25) is 0 Å². The van der Waals surface area contributed by atoms with Crippen molar-refractivity contribution in [2.45, 2.75) is 70.4 Å². The van der Waals surface area contributed by atoms with Crippen molar-refractivity contribution in [3.63, 3.8) is 0 Å². The number of anilines is 3. The Morgan fingerprint density at radius 2 is 1.78 bits per heavy atom. The summed E-state index contributed by atoms with van der Waals surface area (Å²) < 4.78 is 42.4. The lowest BCUT2D eigenvalue weighted by Crippen LogP contribution is -2.47. The van der Waals surface area contributed by atoms with Crippen molar-refractivity contribution in [1.82, 2.24) is 20.2 Å². The van der Waals surface area contributed by atoms with E-state index in [2.05, 4.69) is 30.2 Å². The first-order valence-corrected chi connectivity index (χ1v) is 12.9. The average Bonchev–Trinajstić information content (AvgIpc) is 3.62. The zero-order chi connectivity index (χ0) is 26.2. The maximum absolute atomic E-state index is 12.7. The molecular formula is C25H31F3N6O3. The molecule has 2 unspecified atom stereocenters. The van der Waals surface area contributed by atoms with Crippen LogP contribution >= 0.6 is 0 Å². The summed E-state index contributed by atoms with van der Waals surface area (Å²) in [6.07, 6.45) is 2.79. The summed E-state index contributed by atoms with van der Waals surface area (Å²) in [5.74, 6) is -2.05. The molecule has 0 bridgehead atoms. The fourth-order valence-corrected chi connectivity index (χ4v) is 5.55. The standard InChI is InChI=1S/C25H31F3N6O3/c1-14-9-20(30-21-11-19(32-33-21)16-7-8-16)31-24(29-14)34-12-17(15-5-3-2-4-6-15)10-18(13-34)22(35)37-23(36)25(26,27)28/h9,11,15-18H,2-8,10,12-13H2,1H3,(H2,29,30,31,32,33). The molecule has 0 radical (unpaired) electrons. The van der Waals surface area contributed by atoms with E-state index >= 15 is 0 Å². The van der Waals surface area contributed by atoms with Gasteiger partial charge < -0.3 is 15.0 Å². The summed E-state index contributed by atoms with van der Waals surface area (Å²) in [6.45, 7) is 2.48. The van der Waals surface area contributed by atoms with Crippen LogP contribution in [0.15, 0.2) is 12.1 Å². The predicted molar refractivity (Wildman–Crippen MR) is 128 cm³/mol. The van der Waals surface area contributed by atoms with E-state index in [1.807, 2.05) is 17.9 Å². The van der Waals surface area contributed by atoms with E-state index in [0.717, 1.165) is 50.6 Å². The van der Waals surface area contributed by atoms with Crippen molar-refractivity contribution < 1.29 is 27.5 Å². The van der Waals surface area contributed by atoms with E-state index in [1.54, 1.807) is 6.07 Å². The maximum Gasteiger partial charge on any atom is 0.491 e. The smallest absolute Gasteiger partial charge is 0.386 e. The summed E-state index contributed by atoms with van der Waals surface area (Å²) in [7, 11) is 0. The first-order valence-electron chi connectivity index (χ1n) is 12.9. The number of ether oxygens (including phenoxy) is 1. The number of carbonyl (C=O) groups is 2. The Morgan fingerprint density at radius 3 is 2.49 bits per heavy atom. The maximum atomic E-state index is 12.7. The number of hydrogen-bond donors (Lipinski definition) is 2. The number of esters is 2. The first kappa shape index (κ1) is 25.5. The third kappa shape index (κ3) is 6.22. The van der Waals surface area contributed by atoms with Gasteiger partial charge in [0.25, 0.3) is 0 Å². The highest BCUT2D eigenvalue weighted by atomic mass is 19.4. The number of piperidine rings is 1. The average molecular weight is 521 g/mol. The number of H-pyrrole nitrogens is 1. The van der Waals surface area contributed by atoms with Gasteiger partial charge in [-0.3, -0.25) is 9.89 Å². The topological polar surface area (TPSA) is 113 Å². The van der Waals surface area contributed by atoms with Crippen LogP contribution in [0, 0.1) is 24.7 Å². The molecule has 2 aromatic heterocycles. The highest BCUT2D eigenvalue weighted by Crippen LogP contribution is 2.40. The summed E-state index contributed by atoms with van der Waals surface area (Å²) in [6, 6.07) is 3.74. The van der Waals surface area contributed by atoms with Gasteiger partial charge in [0.05, 0.1) is 5.92 Å². The molecule has 0 spiro atoms. The van der Waals surface area contributed by atoms with Crippen molar-refractivity contribution in [3.05, 3.63) is 23.5 Å². The Kier molecular flexibility index (Phi) is 7.09. The Labute approximate surface area is 212 Å². The third-order valence-electron chi connectivity index (χ3n) is 7.55. The molecule has 3 fully saturated rings. The number of aromatic amines is 1. The van der Waals surface area contributed by atoms with Crippen LogP contribution < -0.4 is 10.2 Å². The second kappa shape index (κ2) is 10.3. The number of hydrogen-bond acceptors (Lipinski definition) is 8. The van der Waals surface area contributed by atoms with Gasteiger partial charge in [0.15, 0.2) is 5.82 Å². The molecule has 1 saturated heterocycles. The summed E-state index contributed by atoms with van der Waals surface area (Å²) >= 11 is 0. The molecule has 200 valence electrons. The van der Waals surface area contributed by atoms with Crippen molar-refractivity contribution >= 4 is 29.5 Å². The van der Waals surface area contributed by atoms with E-state index in [-0.39, 0.29) is 12.5 Å². The largest absolute Gasteiger partial charge is 0.491 e. The molecule has 2 aromatic rings. The number of alkyl halides is 3. The molecule has 12 heteroatoms. The van der Waals surface area contributed by atoms with Gasteiger partial charge in [-0.2, -0.15) is 23.3 Å². The summed E-state index contributed by atoms with van der Waals surface area (Å²) in [5.41, 5.74) is 1.77. The molecule has 2 aliphatic carbocycles. The molecule has 0 amide bonds. The minimum atomic E-state index is -5.22. The van der Waals surface area contributed by atoms with Crippen LogP contribution in [0.25, 0.3) is 0 Å². The zero-order valence-corrected chi connectivity index (χ0v) is 20.7. The van der Waals surface area contributed by atoms with Gasteiger partial charge in [-0.25, -0.2) is 9.78 Å². The minimum absolute atomic E-state index is 0.0561. The highest BCUT2D eigenvalue weighted by molar-refractivity contribution is 5.89. The lowest BCUT2D eigenvalue weighted by atomic mass is 9.74. The fourth-order valence-electron chi connectivity index (χ4n) is 5.55. The summed E-state index contributed by atoms with van der Waals surface area (Å²) in [4.78, 5) is 35.1. The Morgan fingerprint density at radius 1 is 1.03 bits per heavy atom. The van der Waals surface area contributed by atoms with Crippen LogP contribution in [0.4, 0.5) is 30.8 Å². The number of carbonyl (C=O) groups excluding carboxylic acids is 2.